The number of amides is 1. The van der Waals surface area contributed by atoms with Crippen molar-refractivity contribution in [1.29, 1.82) is 0 Å². The number of halogens is 2. The number of rotatable bonds is 5. The Morgan fingerprint density at radius 2 is 1.61 bits per heavy atom. The second kappa shape index (κ2) is 7.21. The summed E-state index contributed by atoms with van der Waals surface area (Å²) in [6.45, 7) is 0. The molecule has 0 spiro atoms. The van der Waals surface area contributed by atoms with Gasteiger partial charge < -0.3 is 5.32 Å². The van der Waals surface area contributed by atoms with E-state index in [1.165, 1.54) is 12.1 Å². The highest BCUT2D eigenvalue weighted by Gasteiger charge is 2.21. The molecule has 122 valence electrons. The van der Waals surface area contributed by atoms with Crippen LogP contribution >= 0.6 is 23.2 Å². The van der Waals surface area contributed by atoms with Crippen molar-refractivity contribution in [2.75, 3.05) is 11.8 Å². The summed E-state index contributed by atoms with van der Waals surface area (Å²) in [5.74, 6) is -0.124. The molecule has 8 heteroatoms. The van der Waals surface area contributed by atoms with Gasteiger partial charge in [0.05, 0.1) is 16.5 Å². The van der Waals surface area contributed by atoms with Crippen LogP contribution < -0.4 is 10.0 Å². The highest BCUT2D eigenvalue weighted by molar-refractivity contribution is 7.93. The molecule has 2 aromatic rings. The molecule has 0 fully saturated rings. The number of hydrogen-bond acceptors (Lipinski definition) is 3. The standard InChI is InChI=1S/C15H14Cl2N2O3S/c1-18-14(20)9-10-5-7-11(8-6-10)19-23(21,22)15-12(16)3-2-4-13(15)17/h2-8,19H,9H2,1H3,(H,18,20). The molecule has 23 heavy (non-hydrogen) atoms. The van der Waals surface area contributed by atoms with E-state index >= 15 is 0 Å². The Labute approximate surface area is 144 Å². The summed E-state index contributed by atoms with van der Waals surface area (Å²) >= 11 is 11.9. The Hall–Kier alpha value is -1.76. The number of sulfonamides is 1. The van der Waals surface area contributed by atoms with E-state index in [1.54, 1.807) is 37.4 Å². The minimum atomic E-state index is -3.91. The number of benzene rings is 2. The van der Waals surface area contributed by atoms with Crippen LogP contribution in [0.5, 0.6) is 0 Å². The number of nitrogens with one attached hydrogen (secondary N) is 2. The molecule has 0 unspecified atom stereocenters. The van der Waals surface area contributed by atoms with Gasteiger partial charge in [-0.15, -0.1) is 0 Å². The first kappa shape index (κ1) is 17.6. The molecule has 2 rings (SSSR count). The SMILES string of the molecule is CNC(=O)Cc1ccc(NS(=O)(=O)c2c(Cl)cccc2Cl)cc1. The van der Waals surface area contributed by atoms with Crippen molar-refractivity contribution in [2.45, 2.75) is 11.3 Å². The van der Waals surface area contributed by atoms with E-state index < -0.39 is 10.0 Å². The molecular formula is C15H14Cl2N2O3S. The van der Waals surface area contributed by atoms with Crippen molar-refractivity contribution >= 4 is 44.8 Å². The average Bonchev–Trinajstić information content (AvgIpc) is 2.48. The zero-order valence-corrected chi connectivity index (χ0v) is 14.5. The van der Waals surface area contributed by atoms with Gasteiger partial charge in [-0.25, -0.2) is 8.42 Å². The molecule has 0 aliphatic carbocycles. The average molecular weight is 373 g/mol. The first-order chi connectivity index (χ1) is 10.8. The van der Waals surface area contributed by atoms with Gasteiger partial charge in [-0.1, -0.05) is 41.4 Å². The molecule has 0 saturated carbocycles. The van der Waals surface area contributed by atoms with Crippen molar-refractivity contribution in [3.63, 3.8) is 0 Å². The molecule has 0 heterocycles. The van der Waals surface area contributed by atoms with Gasteiger partial charge in [-0.2, -0.15) is 0 Å². The van der Waals surface area contributed by atoms with E-state index in [2.05, 4.69) is 10.0 Å². The predicted molar refractivity (Wildman–Crippen MR) is 91.5 cm³/mol. The van der Waals surface area contributed by atoms with E-state index in [4.69, 9.17) is 23.2 Å². The number of anilines is 1. The molecule has 0 aliphatic heterocycles. The third-order valence-electron chi connectivity index (χ3n) is 3.04. The third kappa shape index (κ3) is 4.37. The molecule has 1 amide bonds. The van der Waals surface area contributed by atoms with Crippen LogP contribution in [0.25, 0.3) is 0 Å². The van der Waals surface area contributed by atoms with Crippen LogP contribution in [-0.4, -0.2) is 21.4 Å². The van der Waals surface area contributed by atoms with E-state index in [-0.39, 0.29) is 27.3 Å². The molecule has 0 aliphatic rings. The number of likely N-dealkylation sites (N-methyl/N-ethyl adjacent to an activating group) is 1. The lowest BCUT2D eigenvalue weighted by molar-refractivity contribution is -0.119. The minimum Gasteiger partial charge on any atom is -0.359 e. The van der Waals surface area contributed by atoms with Crippen LogP contribution in [0.15, 0.2) is 47.4 Å². The normalized spacial score (nSPS) is 11.1. The zero-order valence-electron chi connectivity index (χ0n) is 12.1. The van der Waals surface area contributed by atoms with Crippen molar-refractivity contribution in [1.82, 2.24) is 5.32 Å². The Morgan fingerprint density at radius 1 is 1.04 bits per heavy atom. The molecule has 2 N–H and O–H groups in total. The smallest absolute Gasteiger partial charge is 0.264 e. The summed E-state index contributed by atoms with van der Waals surface area (Å²) in [7, 11) is -2.35. The van der Waals surface area contributed by atoms with E-state index in [0.29, 0.717) is 5.69 Å². The summed E-state index contributed by atoms with van der Waals surface area (Å²) in [6.07, 6.45) is 0.222. The van der Waals surface area contributed by atoms with Crippen molar-refractivity contribution < 1.29 is 13.2 Å². The molecule has 0 atom stereocenters. The van der Waals surface area contributed by atoms with Crippen molar-refractivity contribution in [3.8, 4) is 0 Å². The summed E-state index contributed by atoms with van der Waals surface area (Å²) in [4.78, 5) is 11.1. The van der Waals surface area contributed by atoms with E-state index in [9.17, 15) is 13.2 Å². The fraction of sp³-hybridized carbons (Fsp3) is 0.133. The molecule has 5 nitrogen and oxygen atoms in total. The first-order valence-electron chi connectivity index (χ1n) is 6.60. The quantitative estimate of drug-likeness (QED) is 0.846. The van der Waals surface area contributed by atoms with Crippen LogP contribution in [0.1, 0.15) is 5.56 Å². The van der Waals surface area contributed by atoms with Crippen LogP contribution in [-0.2, 0) is 21.2 Å². The van der Waals surface area contributed by atoms with Gasteiger partial charge in [-0.3, -0.25) is 9.52 Å². The van der Waals surface area contributed by atoms with Crippen molar-refractivity contribution in [2.24, 2.45) is 0 Å². The Balaban J connectivity index is 2.23. The molecule has 0 saturated heterocycles. The first-order valence-corrected chi connectivity index (χ1v) is 8.84. The number of carbonyl (C=O) groups is 1. The third-order valence-corrected chi connectivity index (χ3v) is 5.37. The largest absolute Gasteiger partial charge is 0.359 e. The summed E-state index contributed by atoms with van der Waals surface area (Å²) < 4.78 is 27.2. The monoisotopic (exact) mass is 372 g/mol. The highest BCUT2D eigenvalue weighted by atomic mass is 35.5. The summed E-state index contributed by atoms with van der Waals surface area (Å²) in [5.41, 5.74) is 1.12. The predicted octanol–water partition coefficient (Wildman–Crippen LogP) is 3.08. The fourth-order valence-electron chi connectivity index (χ4n) is 1.91. The lowest BCUT2D eigenvalue weighted by Gasteiger charge is -2.11. The Kier molecular flexibility index (Phi) is 5.51. The lowest BCUT2D eigenvalue weighted by Crippen LogP contribution is -2.19. The molecular weight excluding hydrogens is 359 g/mol. The molecule has 0 aromatic heterocycles. The van der Waals surface area contributed by atoms with Gasteiger partial charge in [0, 0.05) is 12.7 Å². The number of hydrogen-bond donors (Lipinski definition) is 2. The van der Waals surface area contributed by atoms with Crippen molar-refractivity contribution in [3.05, 3.63) is 58.1 Å². The summed E-state index contributed by atoms with van der Waals surface area (Å²) in [6, 6.07) is 10.9. The zero-order chi connectivity index (χ0) is 17.0. The van der Waals surface area contributed by atoms with E-state index in [0.717, 1.165) is 5.56 Å². The maximum atomic E-state index is 12.4. The van der Waals surface area contributed by atoms with Gasteiger partial charge in [0.2, 0.25) is 5.91 Å². The molecule has 0 bridgehead atoms. The Morgan fingerprint density at radius 3 is 2.13 bits per heavy atom. The fourth-order valence-corrected chi connectivity index (χ4v) is 4.11. The lowest BCUT2D eigenvalue weighted by atomic mass is 10.1. The molecule has 2 aromatic carbocycles. The topological polar surface area (TPSA) is 75.3 Å². The van der Waals surface area contributed by atoms with Gasteiger partial charge in [0.1, 0.15) is 4.90 Å². The summed E-state index contributed by atoms with van der Waals surface area (Å²) in [5, 5.41) is 2.61. The van der Waals surface area contributed by atoms with Gasteiger partial charge in [-0.05, 0) is 29.8 Å². The van der Waals surface area contributed by atoms with Crippen LogP contribution in [0.2, 0.25) is 10.0 Å². The van der Waals surface area contributed by atoms with Gasteiger partial charge in [0.25, 0.3) is 10.0 Å². The minimum absolute atomic E-state index is 0.0428. The highest BCUT2D eigenvalue weighted by Crippen LogP contribution is 2.30. The Bertz CT molecular complexity index is 801. The van der Waals surface area contributed by atoms with Crippen LogP contribution in [0.3, 0.4) is 0 Å². The number of carbonyl (C=O) groups excluding carboxylic acids is 1. The second-order valence-corrected chi connectivity index (χ2v) is 7.14. The maximum Gasteiger partial charge on any atom is 0.264 e. The maximum absolute atomic E-state index is 12.4. The van der Waals surface area contributed by atoms with Gasteiger partial charge >= 0.3 is 0 Å². The second-order valence-electron chi connectivity index (χ2n) is 4.70. The van der Waals surface area contributed by atoms with Crippen LogP contribution in [0.4, 0.5) is 5.69 Å². The van der Waals surface area contributed by atoms with E-state index in [1.807, 2.05) is 0 Å². The van der Waals surface area contributed by atoms with Gasteiger partial charge in [0.15, 0.2) is 0 Å². The molecule has 0 radical (unpaired) electrons. The van der Waals surface area contributed by atoms with Crippen LogP contribution in [0, 0.1) is 0 Å².